The molecule has 0 bridgehead atoms. The third-order valence-electron chi connectivity index (χ3n) is 12.1. The Kier molecular flexibility index (Phi) is 22.8. The zero-order valence-electron chi connectivity index (χ0n) is 44.0. The predicted molar refractivity (Wildman–Crippen MR) is 262 cm³/mol. The molecule has 23 heteroatoms. The van der Waals surface area contributed by atoms with Gasteiger partial charge in [0.25, 0.3) is 0 Å². The minimum atomic E-state index is -1.88. The predicted octanol–water partition coefficient (Wildman–Crippen LogP) is 3.32. The number of rotatable bonds is 24. The molecule has 15 atom stereocenters. The molecule has 0 aliphatic carbocycles. The van der Waals surface area contributed by atoms with Gasteiger partial charge in [-0.15, -0.1) is 0 Å². The third kappa shape index (κ3) is 17.8. The van der Waals surface area contributed by atoms with E-state index in [2.05, 4.69) is 5.32 Å². The molecule has 3 aromatic rings. The molecule has 6 rings (SSSR count). The highest BCUT2D eigenvalue weighted by Gasteiger charge is 2.59. The van der Waals surface area contributed by atoms with Crippen LogP contribution in [-0.2, 0) is 124 Å². The first kappa shape index (κ1) is 59.8. The summed E-state index contributed by atoms with van der Waals surface area (Å²) in [5.41, 5.74) is 2.45. The third-order valence-corrected chi connectivity index (χ3v) is 12.1. The van der Waals surface area contributed by atoms with Crippen LogP contribution in [0.2, 0.25) is 0 Å². The molecule has 23 nitrogen and oxygen atoms in total. The molecule has 0 aromatic heterocycles. The van der Waals surface area contributed by atoms with Crippen LogP contribution in [0.15, 0.2) is 91.0 Å². The number of hydrogen-bond acceptors (Lipinski definition) is 22. The van der Waals surface area contributed by atoms with Crippen LogP contribution in [-0.4, -0.2) is 161 Å². The van der Waals surface area contributed by atoms with Gasteiger partial charge < -0.3 is 76.4 Å². The highest BCUT2D eigenvalue weighted by Crippen LogP contribution is 2.38. The van der Waals surface area contributed by atoms with Gasteiger partial charge in [0.1, 0.15) is 62.0 Å². The highest BCUT2D eigenvalue weighted by molar-refractivity contribution is 5.73. The molecule has 77 heavy (non-hydrogen) atoms. The van der Waals surface area contributed by atoms with Crippen LogP contribution in [0.5, 0.6) is 0 Å². The molecule has 3 heterocycles. The van der Waals surface area contributed by atoms with E-state index < -0.39 is 147 Å². The molecule has 1 N–H and O–H groups in total. The second-order valence-electron chi connectivity index (χ2n) is 18.2. The van der Waals surface area contributed by atoms with Crippen LogP contribution in [0, 0.1) is 0 Å². The Labute approximate surface area is 445 Å². The van der Waals surface area contributed by atoms with Crippen molar-refractivity contribution in [2.24, 2.45) is 0 Å². The minimum Gasteiger partial charge on any atom is -0.463 e. The molecule has 3 aliphatic heterocycles. The summed E-state index contributed by atoms with van der Waals surface area (Å²) >= 11 is 0. The molecule has 0 saturated carbocycles. The van der Waals surface area contributed by atoms with Gasteiger partial charge in [-0.05, 0) is 16.7 Å². The molecule has 0 radical (unpaired) electrons. The van der Waals surface area contributed by atoms with Crippen LogP contribution in [0.3, 0.4) is 0 Å². The number of benzene rings is 3. The first-order chi connectivity index (χ1) is 36.9. The fraction of sp³-hybridized carbons (Fsp3) is 0.537. The van der Waals surface area contributed by atoms with Crippen molar-refractivity contribution >= 4 is 41.7 Å². The van der Waals surface area contributed by atoms with E-state index in [4.69, 9.17) is 71.1 Å². The fourth-order valence-electron chi connectivity index (χ4n) is 8.98. The molecule has 0 spiro atoms. The molecule has 3 aliphatic rings. The van der Waals surface area contributed by atoms with Crippen molar-refractivity contribution in [3.05, 3.63) is 108 Å². The molecule has 0 unspecified atom stereocenters. The average molecular weight is 1080 g/mol. The summed E-state index contributed by atoms with van der Waals surface area (Å²) in [5.74, 6) is -5.85. The Hall–Kier alpha value is -6.41. The first-order valence-corrected chi connectivity index (χ1v) is 24.9. The average Bonchev–Trinajstić information content (AvgIpc) is 3.40. The lowest BCUT2D eigenvalue weighted by molar-refractivity contribution is -0.373. The Morgan fingerprint density at radius 1 is 0.416 bits per heavy atom. The summed E-state index contributed by atoms with van der Waals surface area (Å²) in [7, 11) is 1.42. The summed E-state index contributed by atoms with van der Waals surface area (Å²) in [6, 6.07) is 26.5. The summed E-state index contributed by atoms with van der Waals surface area (Å²) in [6.07, 6.45) is -20.5. The second kappa shape index (κ2) is 29.4. The summed E-state index contributed by atoms with van der Waals surface area (Å²) in [6.45, 7) is 6.60. The number of methoxy groups -OCH3 is 1. The largest absolute Gasteiger partial charge is 0.463 e. The molecular weight excluding hydrogens is 1010 g/mol. The van der Waals surface area contributed by atoms with E-state index in [1.54, 1.807) is 0 Å². The molecular formula is C54H67NO22. The van der Waals surface area contributed by atoms with Gasteiger partial charge in [-0.1, -0.05) is 91.0 Å². The van der Waals surface area contributed by atoms with Gasteiger partial charge in [-0.25, -0.2) is 0 Å². The lowest BCUT2D eigenvalue weighted by atomic mass is 9.93. The fourth-order valence-corrected chi connectivity index (χ4v) is 8.98. The first-order valence-electron chi connectivity index (χ1n) is 24.9. The Morgan fingerprint density at radius 2 is 0.831 bits per heavy atom. The Balaban J connectivity index is 1.46. The molecule has 3 saturated heterocycles. The van der Waals surface area contributed by atoms with E-state index in [-0.39, 0.29) is 26.4 Å². The quantitative estimate of drug-likeness (QED) is 0.0995. The molecule has 3 aromatic carbocycles. The van der Waals surface area contributed by atoms with Crippen molar-refractivity contribution in [1.82, 2.24) is 5.32 Å². The van der Waals surface area contributed by atoms with E-state index >= 15 is 0 Å². The normalized spacial score (nSPS) is 29.0. The van der Waals surface area contributed by atoms with E-state index in [0.717, 1.165) is 58.2 Å². The molecule has 1 amide bonds. The van der Waals surface area contributed by atoms with Crippen molar-refractivity contribution in [3.63, 3.8) is 0 Å². The lowest BCUT2D eigenvalue weighted by Gasteiger charge is -2.51. The van der Waals surface area contributed by atoms with Crippen LogP contribution < -0.4 is 5.32 Å². The number of carbonyl (C=O) groups excluding carboxylic acids is 7. The van der Waals surface area contributed by atoms with Crippen molar-refractivity contribution < 1.29 is 105 Å². The maximum atomic E-state index is 13.4. The second-order valence-corrected chi connectivity index (χ2v) is 18.2. The van der Waals surface area contributed by atoms with Crippen LogP contribution in [0.4, 0.5) is 0 Å². The van der Waals surface area contributed by atoms with Crippen LogP contribution in [0.1, 0.15) is 65.2 Å². The SMILES string of the molecule is CO[C@@H]1O[C@H](COCc2ccccc2)[C@@H](OCc2ccccc2)[C@H](O[C@H]2O[C@@H](COC(C)=O)[C@H](O[C@@H]3O[C@@H](COC(C)=O)[C@H](OC(C)=O)[C@H](OC(C)=O)[C@H]3OC(C)=O)[C@@H](OC(C)=O)[C@@H]2NC(C)=O)[C@H]1OCc1ccccc1. The Morgan fingerprint density at radius 3 is 1.32 bits per heavy atom. The van der Waals surface area contributed by atoms with Gasteiger partial charge in [0.2, 0.25) is 5.91 Å². The summed E-state index contributed by atoms with van der Waals surface area (Å²) in [5, 5.41) is 2.78. The van der Waals surface area contributed by atoms with Crippen molar-refractivity contribution in [3.8, 4) is 0 Å². The highest BCUT2D eigenvalue weighted by atomic mass is 16.8. The van der Waals surface area contributed by atoms with Crippen molar-refractivity contribution in [2.75, 3.05) is 26.9 Å². The molecule has 3 fully saturated rings. The standard InChI is InChI=1S/C54H67NO22/c1-30(56)55-43-47(70-34(5)60)45(76-54-51(72-36(7)62)49(71-35(6)61)46(69-33(4)59)42(75-54)29-66-32(3)58)41(28-65-31(2)57)73-52(43)77-48-44(67-25-38-20-14-10-15-21-38)40(27-64-24-37-18-12-9-13-19-37)74-53(63-8)50(48)68-26-39-22-16-11-17-23-39/h9-23,40-54H,24-29H2,1-8H3,(H,55,56)/t40-,41+,42+,43+,44-,45+,46+,47+,48+,49+,50-,51-,52-,53-,54+/m1/s1. The number of nitrogens with one attached hydrogen (secondary N) is 1. The number of carbonyl (C=O) groups is 7. The minimum absolute atomic E-state index is 0.0207. The molecule has 420 valence electrons. The van der Waals surface area contributed by atoms with Gasteiger partial charge in [-0.2, -0.15) is 0 Å². The van der Waals surface area contributed by atoms with E-state index in [9.17, 15) is 33.6 Å². The van der Waals surface area contributed by atoms with Crippen LogP contribution in [0.25, 0.3) is 0 Å². The van der Waals surface area contributed by atoms with Gasteiger partial charge in [-0.3, -0.25) is 33.6 Å². The van der Waals surface area contributed by atoms with Crippen molar-refractivity contribution in [1.29, 1.82) is 0 Å². The van der Waals surface area contributed by atoms with Gasteiger partial charge >= 0.3 is 35.8 Å². The van der Waals surface area contributed by atoms with E-state index in [0.29, 0.717) is 0 Å². The Bertz CT molecular complexity index is 2400. The number of hydrogen-bond donors (Lipinski definition) is 1. The smallest absolute Gasteiger partial charge is 0.303 e. The zero-order chi connectivity index (χ0) is 55.6. The zero-order valence-corrected chi connectivity index (χ0v) is 44.0. The van der Waals surface area contributed by atoms with Gasteiger partial charge in [0, 0.05) is 55.6 Å². The van der Waals surface area contributed by atoms with E-state index in [1.165, 1.54) is 14.0 Å². The lowest BCUT2D eigenvalue weighted by Crippen LogP contribution is -2.70. The number of amides is 1. The van der Waals surface area contributed by atoms with Gasteiger partial charge in [0.15, 0.2) is 43.3 Å². The monoisotopic (exact) mass is 1080 g/mol. The number of esters is 6. The summed E-state index contributed by atoms with van der Waals surface area (Å²) in [4.78, 5) is 89.6. The summed E-state index contributed by atoms with van der Waals surface area (Å²) < 4.78 is 92.6. The maximum absolute atomic E-state index is 13.4. The van der Waals surface area contributed by atoms with Crippen LogP contribution >= 0.6 is 0 Å². The van der Waals surface area contributed by atoms with Crippen molar-refractivity contribution in [2.45, 2.75) is 160 Å². The van der Waals surface area contributed by atoms with Gasteiger partial charge in [0.05, 0.1) is 26.4 Å². The van der Waals surface area contributed by atoms with E-state index in [1.807, 2.05) is 91.0 Å². The topological polar surface area (TPSA) is 270 Å². The number of ether oxygens (including phenoxy) is 15. The maximum Gasteiger partial charge on any atom is 0.303 e.